The first-order valence-electron chi connectivity index (χ1n) is 13.1. The van der Waals surface area contributed by atoms with Crippen molar-refractivity contribution in [1.29, 1.82) is 0 Å². The van der Waals surface area contributed by atoms with Crippen LogP contribution in [0, 0.1) is 0 Å². The summed E-state index contributed by atoms with van der Waals surface area (Å²) < 4.78 is 41.0. The highest BCUT2D eigenvalue weighted by Gasteiger charge is 2.35. The molecule has 1 atom stereocenters. The summed E-state index contributed by atoms with van der Waals surface area (Å²) in [6.45, 7) is 2.61. The first-order valence-corrected chi connectivity index (χ1v) is 15.8. The molecule has 1 aromatic heterocycles. The zero-order valence-electron chi connectivity index (χ0n) is 21.6. The zero-order chi connectivity index (χ0) is 27.7. The third kappa shape index (κ3) is 5.52. The van der Waals surface area contributed by atoms with E-state index in [1.807, 2.05) is 42.6 Å². The maximum Gasteiger partial charge on any atom is 0.266 e. The van der Waals surface area contributed by atoms with Crippen molar-refractivity contribution in [3.63, 3.8) is 0 Å². The monoisotopic (exact) mass is 596 g/mol. The Labute approximate surface area is 242 Å². The number of rotatable bonds is 7. The predicted octanol–water partition coefficient (Wildman–Crippen LogP) is 3.94. The van der Waals surface area contributed by atoms with E-state index < -0.39 is 10.0 Å². The molecule has 40 heavy (non-hydrogen) atoms. The molecule has 2 aromatic carbocycles. The average molecular weight is 597 g/mol. The molecular weight excluding hydrogens is 569 g/mol. The SMILES string of the molecule is O=C1C(=Cc2cn(-c3ccccc3)nc2-c2ccc(S(=O)(=O)N3CCOCC3)cc2)SC(=S)N1CC1CCCO1. The Balaban J connectivity index is 1.33. The van der Waals surface area contributed by atoms with Crippen molar-refractivity contribution in [2.75, 3.05) is 39.5 Å². The van der Waals surface area contributed by atoms with Crippen LogP contribution in [-0.4, -0.2) is 83.2 Å². The van der Waals surface area contributed by atoms with Gasteiger partial charge in [0, 0.05) is 37.0 Å². The van der Waals surface area contributed by atoms with E-state index >= 15 is 0 Å². The summed E-state index contributed by atoms with van der Waals surface area (Å²) in [6, 6.07) is 16.4. The molecule has 3 aromatic rings. The van der Waals surface area contributed by atoms with Crippen LogP contribution < -0.4 is 0 Å². The van der Waals surface area contributed by atoms with Crippen LogP contribution in [0.5, 0.6) is 0 Å². The number of thioether (sulfide) groups is 1. The van der Waals surface area contributed by atoms with E-state index in [9.17, 15) is 13.2 Å². The number of carbonyl (C=O) groups excluding carboxylic acids is 1. The van der Waals surface area contributed by atoms with Crippen LogP contribution in [0.3, 0.4) is 0 Å². The van der Waals surface area contributed by atoms with Crippen molar-refractivity contribution < 1.29 is 22.7 Å². The maximum atomic E-state index is 13.3. The summed E-state index contributed by atoms with van der Waals surface area (Å²) in [6.07, 6.45) is 5.60. The van der Waals surface area contributed by atoms with Crippen LogP contribution in [-0.2, 0) is 24.3 Å². The van der Waals surface area contributed by atoms with Gasteiger partial charge in [0.25, 0.3) is 5.91 Å². The van der Waals surface area contributed by atoms with E-state index in [4.69, 9.17) is 26.8 Å². The van der Waals surface area contributed by atoms with Crippen molar-refractivity contribution in [2.24, 2.45) is 0 Å². The largest absolute Gasteiger partial charge is 0.379 e. The number of aromatic nitrogens is 2. The Morgan fingerprint density at radius 3 is 2.50 bits per heavy atom. The van der Waals surface area contributed by atoms with E-state index in [0.29, 0.717) is 54.4 Å². The summed E-state index contributed by atoms with van der Waals surface area (Å²) >= 11 is 6.81. The van der Waals surface area contributed by atoms with Crippen LogP contribution in [0.15, 0.2) is 70.6 Å². The van der Waals surface area contributed by atoms with Gasteiger partial charge in [-0.1, -0.05) is 54.3 Å². The fraction of sp³-hybridized carbons (Fsp3) is 0.321. The van der Waals surface area contributed by atoms with Crippen molar-refractivity contribution in [2.45, 2.75) is 23.8 Å². The Bertz CT molecular complexity index is 1540. The Kier molecular flexibility index (Phi) is 7.89. The second kappa shape index (κ2) is 11.6. The van der Waals surface area contributed by atoms with Gasteiger partial charge in [-0.15, -0.1) is 0 Å². The van der Waals surface area contributed by atoms with Crippen molar-refractivity contribution in [3.8, 4) is 16.9 Å². The highest BCUT2D eigenvalue weighted by Crippen LogP contribution is 2.36. The molecule has 3 saturated heterocycles. The molecule has 9 nitrogen and oxygen atoms in total. The Hall–Kier alpha value is -2.87. The molecular formula is C28H28N4O5S3. The van der Waals surface area contributed by atoms with Gasteiger partial charge in [0.05, 0.1) is 47.0 Å². The molecule has 1 unspecified atom stereocenters. The third-order valence-electron chi connectivity index (χ3n) is 7.07. The molecule has 1 amide bonds. The lowest BCUT2D eigenvalue weighted by Crippen LogP contribution is -2.40. The molecule has 6 rings (SSSR count). The van der Waals surface area contributed by atoms with Crippen LogP contribution in [0.25, 0.3) is 23.0 Å². The summed E-state index contributed by atoms with van der Waals surface area (Å²) in [5.41, 5.74) is 2.95. The molecule has 0 aliphatic carbocycles. The Morgan fingerprint density at radius 2 is 1.80 bits per heavy atom. The van der Waals surface area contributed by atoms with Gasteiger partial charge >= 0.3 is 0 Å². The van der Waals surface area contributed by atoms with Gasteiger partial charge in [-0.25, -0.2) is 13.1 Å². The predicted molar refractivity (Wildman–Crippen MR) is 157 cm³/mol. The lowest BCUT2D eigenvalue weighted by Gasteiger charge is -2.26. The number of sulfonamides is 1. The van der Waals surface area contributed by atoms with Gasteiger partial charge in [0.1, 0.15) is 4.32 Å². The maximum absolute atomic E-state index is 13.3. The molecule has 3 fully saturated rings. The summed E-state index contributed by atoms with van der Waals surface area (Å²) in [5.74, 6) is -0.143. The van der Waals surface area contributed by atoms with Gasteiger partial charge in [0.15, 0.2) is 0 Å². The number of benzene rings is 2. The molecule has 0 spiro atoms. The number of thiocarbonyl (C=S) groups is 1. The van der Waals surface area contributed by atoms with Crippen molar-refractivity contribution in [3.05, 3.63) is 71.3 Å². The Morgan fingerprint density at radius 1 is 1.05 bits per heavy atom. The fourth-order valence-corrected chi connectivity index (χ4v) is 7.62. The van der Waals surface area contributed by atoms with Gasteiger partial charge in [-0.3, -0.25) is 9.69 Å². The number of carbonyl (C=O) groups is 1. The average Bonchev–Trinajstić information content (AvgIpc) is 3.72. The number of hydrogen-bond acceptors (Lipinski definition) is 8. The summed E-state index contributed by atoms with van der Waals surface area (Å²) in [5, 5.41) is 4.83. The number of hydrogen-bond donors (Lipinski definition) is 0. The van der Waals surface area contributed by atoms with E-state index in [1.54, 1.807) is 33.8 Å². The van der Waals surface area contributed by atoms with Gasteiger partial charge in [-0.05, 0) is 43.2 Å². The first-order chi connectivity index (χ1) is 19.4. The zero-order valence-corrected chi connectivity index (χ0v) is 24.1. The summed E-state index contributed by atoms with van der Waals surface area (Å²) in [4.78, 5) is 15.7. The molecule has 3 aliphatic heterocycles. The molecule has 0 saturated carbocycles. The van der Waals surface area contributed by atoms with Crippen LogP contribution in [0.2, 0.25) is 0 Å². The second-order valence-corrected chi connectivity index (χ2v) is 13.3. The van der Waals surface area contributed by atoms with E-state index in [2.05, 4.69) is 0 Å². The second-order valence-electron chi connectivity index (χ2n) is 9.68. The molecule has 0 N–H and O–H groups in total. The van der Waals surface area contributed by atoms with E-state index in [-0.39, 0.29) is 16.9 Å². The minimum absolute atomic E-state index is 0.00509. The van der Waals surface area contributed by atoms with Gasteiger partial charge in [0.2, 0.25) is 10.0 Å². The quantitative estimate of drug-likeness (QED) is 0.299. The molecule has 3 aliphatic rings. The number of para-hydroxylation sites is 1. The molecule has 0 bridgehead atoms. The van der Waals surface area contributed by atoms with Crippen LogP contribution in [0.1, 0.15) is 18.4 Å². The number of ether oxygens (including phenoxy) is 2. The van der Waals surface area contributed by atoms with Crippen molar-refractivity contribution >= 4 is 50.3 Å². The normalized spacial score (nSPS) is 21.6. The van der Waals surface area contributed by atoms with E-state index in [1.165, 1.54) is 16.1 Å². The van der Waals surface area contributed by atoms with Gasteiger partial charge in [-0.2, -0.15) is 9.40 Å². The minimum atomic E-state index is -3.62. The first kappa shape index (κ1) is 27.3. The molecule has 12 heteroatoms. The third-order valence-corrected chi connectivity index (χ3v) is 10.4. The lowest BCUT2D eigenvalue weighted by molar-refractivity contribution is -0.123. The lowest BCUT2D eigenvalue weighted by atomic mass is 10.1. The molecule has 4 heterocycles. The minimum Gasteiger partial charge on any atom is -0.379 e. The topological polar surface area (TPSA) is 94.0 Å². The summed E-state index contributed by atoms with van der Waals surface area (Å²) in [7, 11) is -3.62. The van der Waals surface area contributed by atoms with Gasteiger partial charge < -0.3 is 9.47 Å². The molecule has 208 valence electrons. The van der Waals surface area contributed by atoms with Crippen molar-refractivity contribution in [1.82, 2.24) is 19.0 Å². The highest BCUT2D eigenvalue weighted by atomic mass is 32.2. The number of amides is 1. The standard InChI is InChI=1S/C28H28N4O5S3/c33-27-25(39-28(38)31(27)19-23-7-4-14-37-23)17-21-18-32(22-5-2-1-3-6-22)29-26(21)20-8-10-24(11-9-20)40(34,35)30-12-15-36-16-13-30/h1-3,5-6,8-11,17-18,23H,4,7,12-16,19H2. The van der Waals surface area contributed by atoms with Crippen LogP contribution in [0.4, 0.5) is 0 Å². The smallest absolute Gasteiger partial charge is 0.266 e. The number of nitrogens with zero attached hydrogens (tertiary/aromatic N) is 4. The fourth-order valence-electron chi connectivity index (χ4n) is 4.94. The molecule has 0 radical (unpaired) electrons. The number of morpholine rings is 1. The van der Waals surface area contributed by atoms with Crippen LogP contribution >= 0.6 is 24.0 Å². The highest BCUT2D eigenvalue weighted by molar-refractivity contribution is 8.26. The van der Waals surface area contributed by atoms with E-state index in [0.717, 1.165) is 29.7 Å².